The van der Waals surface area contributed by atoms with Crippen molar-refractivity contribution in [2.75, 3.05) is 25.0 Å². The van der Waals surface area contributed by atoms with Gasteiger partial charge in [0.15, 0.2) is 0 Å². The molecule has 0 bridgehead atoms. The van der Waals surface area contributed by atoms with Gasteiger partial charge in [-0.3, -0.25) is 0 Å². The van der Waals surface area contributed by atoms with E-state index in [9.17, 15) is 0 Å². The molecule has 16 heavy (non-hydrogen) atoms. The third-order valence-electron chi connectivity index (χ3n) is 2.65. The van der Waals surface area contributed by atoms with Crippen LogP contribution >= 0.6 is 0 Å². The monoisotopic (exact) mass is 217 g/mol. The van der Waals surface area contributed by atoms with Gasteiger partial charge in [0.25, 0.3) is 0 Å². The molecule has 0 aliphatic rings. The zero-order chi connectivity index (χ0) is 12.2. The molecule has 0 amide bonds. The molecule has 86 valence electrons. The molecule has 3 nitrogen and oxygen atoms in total. The van der Waals surface area contributed by atoms with Gasteiger partial charge in [-0.25, -0.2) is 0 Å². The Balaban J connectivity index is 2.74. The van der Waals surface area contributed by atoms with Gasteiger partial charge in [-0.1, -0.05) is 13.8 Å². The predicted molar refractivity (Wildman–Crippen MR) is 67.3 cm³/mol. The maximum absolute atomic E-state index is 8.71. The lowest BCUT2D eigenvalue weighted by Crippen LogP contribution is -2.36. The predicted octanol–water partition coefficient (Wildman–Crippen LogP) is 1.98. The van der Waals surface area contributed by atoms with Crippen molar-refractivity contribution < 1.29 is 0 Å². The normalized spacial score (nSPS) is 10.9. The van der Waals surface area contributed by atoms with Crippen LogP contribution in [-0.4, -0.2) is 20.1 Å². The maximum atomic E-state index is 8.71. The summed E-state index contributed by atoms with van der Waals surface area (Å²) >= 11 is 0. The standard InChI is InChI=1S/C13H19N3/c1-13(2,9-15)10-16(3)12-6-4-11(8-14)5-7-12/h4-7H,9-10,15H2,1-3H3. The first kappa shape index (κ1) is 12.5. The second kappa shape index (κ2) is 5.00. The van der Waals surface area contributed by atoms with Gasteiger partial charge in [-0.05, 0) is 36.2 Å². The fraction of sp³-hybridized carbons (Fsp3) is 0.462. The van der Waals surface area contributed by atoms with Gasteiger partial charge in [0.2, 0.25) is 0 Å². The number of benzene rings is 1. The van der Waals surface area contributed by atoms with Crippen molar-refractivity contribution in [2.45, 2.75) is 13.8 Å². The van der Waals surface area contributed by atoms with Crippen molar-refractivity contribution in [3.63, 3.8) is 0 Å². The number of nitriles is 1. The van der Waals surface area contributed by atoms with Gasteiger partial charge in [-0.2, -0.15) is 5.26 Å². The summed E-state index contributed by atoms with van der Waals surface area (Å²) in [6.07, 6.45) is 0. The Labute approximate surface area is 97.5 Å². The van der Waals surface area contributed by atoms with Crippen LogP contribution in [0.25, 0.3) is 0 Å². The van der Waals surface area contributed by atoms with Crippen LogP contribution in [0.3, 0.4) is 0 Å². The highest BCUT2D eigenvalue weighted by atomic mass is 15.1. The summed E-state index contributed by atoms with van der Waals surface area (Å²) in [4.78, 5) is 2.16. The van der Waals surface area contributed by atoms with Crippen molar-refractivity contribution >= 4 is 5.69 Å². The van der Waals surface area contributed by atoms with Gasteiger partial charge in [0.05, 0.1) is 11.6 Å². The van der Waals surface area contributed by atoms with Crippen LogP contribution in [0.15, 0.2) is 24.3 Å². The Hall–Kier alpha value is -1.53. The number of hydrogen-bond acceptors (Lipinski definition) is 3. The van der Waals surface area contributed by atoms with Crippen molar-refractivity contribution in [1.29, 1.82) is 5.26 Å². The molecule has 3 heteroatoms. The smallest absolute Gasteiger partial charge is 0.0991 e. The molecule has 1 aromatic carbocycles. The number of nitrogens with two attached hydrogens (primary N) is 1. The molecule has 2 N–H and O–H groups in total. The zero-order valence-corrected chi connectivity index (χ0v) is 10.2. The fourth-order valence-corrected chi connectivity index (χ4v) is 1.59. The molecule has 0 aliphatic heterocycles. The van der Waals surface area contributed by atoms with Gasteiger partial charge in [0.1, 0.15) is 0 Å². The number of anilines is 1. The van der Waals surface area contributed by atoms with Crippen LogP contribution in [0, 0.1) is 16.7 Å². The molecule has 0 saturated carbocycles. The second-order valence-electron chi connectivity index (χ2n) is 4.88. The van der Waals surface area contributed by atoms with Gasteiger partial charge in [-0.15, -0.1) is 0 Å². The average molecular weight is 217 g/mol. The Bertz CT molecular complexity index is 373. The van der Waals surface area contributed by atoms with E-state index < -0.39 is 0 Å². The Kier molecular flexibility index (Phi) is 3.92. The van der Waals surface area contributed by atoms with E-state index in [1.165, 1.54) is 0 Å². The maximum Gasteiger partial charge on any atom is 0.0991 e. The molecule has 0 aliphatic carbocycles. The van der Waals surface area contributed by atoms with Crippen molar-refractivity contribution in [3.05, 3.63) is 29.8 Å². The summed E-state index contributed by atoms with van der Waals surface area (Å²) in [5, 5.41) is 8.71. The first-order chi connectivity index (χ1) is 7.48. The lowest BCUT2D eigenvalue weighted by molar-refractivity contribution is 0.385. The first-order valence-electron chi connectivity index (χ1n) is 5.40. The number of nitrogens with zero attached hydrogens (tertiary/aromatic N) is 2. The zero-order valence-electron chi connectivity index (χ0n) is 10.2. The average Bonchev–Trinajstić information content (AvgIpc) is 2.28. The van der Waals surface area contributed by atoms with E-state index in [4.69, 9.17) is 11.0 Å². The van der Waals surface area contributed by atoms with E-state index in [2.05, 4.69) is 24.8 Å². The third kappa shape index (κ3) is 3.25. The first-order valence-corrected chi connectivity index (χ1v) is 5.40. The highest BCUT2D eigenvalue weighted by Gasteiger charge is 2.18. The molecule has 0 atom stereocenters. The van der Waals surface area contributed by atoms with Gasteiger partial charge >= 0.3 is 0 Å². The fourth-order valence-electron chi connectivity index (χ4n) is 1.59. The molecular formula is C13H19N3. The summed E-state index contributed by atoms with van der Waals surface area (Å²) in [6, 6.07) is 9.71. The van der Waals surface area contributed by atoms with Crippen molar-refractivity contribution in [1.82, 2.24) is 0 Å². The molecule has 0 heterocycles. The van der Waals surface area contributed by atoms with Crippen LogP contribution in [0.1, 0.15) is 19.4 Å². The summed E-state index contributed by atoms with van der Waals surface area (Å²) < 4.78 is 0. The molecule has 1 rings (SSSR count). The van der Waals surface area contributed by atoms with Crippen LogP contribution in [0.5, 0.6) is 0 Å². The van der Waals surface area contributed by atoms with Crippen LogP contribution in [-0.2, 0) is 0 Å². The van der Waals surface area contributed by atoms with E-state index in [1.807, 2.05) is 31.3 Å². The molecule has 0 fully saturated rings. The number of rotatable bonds is 4. The van der Waals surface area contributed by atoms with Crippen LogP contribution in [0.4, 0.5) is 5.69 Å². The Morgan fingerprint density at radius 1 is 1.31 bits per heavy atom. The molecule has 0 aromatic heterocycles. The van der Waals surface area contributed by atoms with Crippen LogP contribution in [0.2, 0.25) is 0 Å². The summed E-state index contributed by atoms with van der Waals surface area (Å²) in [7, 11) is 2.04. The highest BCUT2D eigenvalue weighted by molar-refractivity contribution is 5.49. The van der Waals surface area contributed by atoms with Crippen molar-refractivity contribution in [3.8, 4) is 6.07 Å². The summed E-state index contributed by atoms with van der Waals surface area (Å²) in [5.41, 5.74) is 7.61. The van der Waals surface area contributed by atoms with Gasteiger partial charge < -0.3 is 10.6 Å². The van der Waals surface area contributed by atoms with Crippen LogP contribution < -0.4 is 10.6 Å². The molecule has 0 saturated heterocycles. The minimum Gasteiger partial charge on any atom is -0.374 e. The Morgan fingerprint density at radius 2 is 1.88 bits per heavy atom. The number of hydrogen-bond donors (Lipinski definition) is 1. The van der Waals surface area contributed by atoms with Gasteiger partial charge in [0, 0.05) is 19.3 Å². The van der Waals surface area contributed by atoms with E-state index in [-0.39, 0.29) is 5.41 Å². The SMILES string of the molecule is CN(CC(C)(C)CN)c1ccc(C#N)cc1. The third-order valence-corrected chi connectivity index (χ3v) is 2.65. The lowest BCUT2D eigenvalue weighted by Gasteiger charge is -2.30. The van der Waals surface area contributed by atoms with E-state index in [0.29, 0.717) is 12.1 Å². The van der Waals surface area contributed by atoms with E-state index in [1.54, 1.807) is 0 Å². The van der Waals surface area contributed by atoms with Crippen molar-refractivity contribution in [2.24, 2.45) is 11.1 Å². The molecule has 0 radical (unpaired) electrons. The second-order valence-corrected chi connectivity index (χ2v) is 4.88. The molecule has 1 aromatic rings. The topological polar surface area (TPSA) is 53.0 Å². The minimum absolute atomic E-state index is 0.0999. The molecular weight excluding hydrogens is 198 g/mol. The largest absolute Gasteiger partial charge is 0.374 e. The highest BCUT2D eigenvalue weighted by Crippen LogP contribution is 2.20. The van der Waals surface area contributed by atoms with E-state index in [0.717, 1.165) is 12.2 Å². The summed E-state index contributed by atoms with van der Waals surface area (Å²) in [6.45, 7) is 5.85. The molecule has 0 spiro atoms. The minimum atomic E-state index is 0.0999. The quantitative estimate of drug-likeness (QED) is 0.839. The lowest BCUT2D eigenvalue weighted by atomic mass is 9.93. The summed E-state index contributed by atoms with van der Waals surface area (Å²) in [5.74, 6) is 0. The molecule has 0 unspecified atom stereocenters. The Morgan fingerprint density at radius 3 is 2.31 bits per heavy atom. The van der Waals surface area contributed by atoms with E-state index >= 15 is 0 Å².